The van der Waals surface area contributed by atoms with Crippen molar-refractivity contribution >= 4 is 5.82 Å². The van der Waals surface area contributed by atoms with E-state index >= 15 is 0 Å². The Morgan fingerprint density at radius 3 is 2.65 bits per heavy atom. The molecule has 4 heteroatoms. The third-order valence-corrected chi connectivity index (χ3v) is 4.06. The van der Waals surface area contributed by atoms with Gasteiger partial charge in [0.2, 0.25) is 0 Å². The summed E-state index contributed by atoms with van der Waals surface area (Å²) in [4.78, 5) is 2.38. The minimum atomic E-state index is 0.462. The third kappa shape index (κ3) is 4.44. The first-order chi connectivity index (χ1) is 9.46. The van der Waals surface area contributed by atoms with E-state index in [9.17, 15) is 0 Å². The van der Waals surface area contributed by atoms with Crippen LogP contribution in [0.4, 0.5) is 5.82 Å². The Labute approximate surface area is 123 Å². The Kier molecular flexibility index (Phi) is 4.97. The summed E-state index contributed by atoms with van der Waals surface area (Å²) in [5, 5.41) is 12.1. The van der Waals surface area contributed by atoms with Gasteiger partial charge in [0.1, 0.15) is 0 Å². The van der Waals surface area contributed by atoms with Gasteiger partial charge >= 0.3 is 0 Å². The van der Waals surface area contributed by atoms with Gasteiger partial charge in [-0.25, -0.2) is 0 Å². The van der Waals surface area contributed by atoms with Crippen LogP contribution >= 0.6 is 0 Å². The molecule has 1 aromatic heterocycles. The van der Waals surface area contributed by atoms with Gasteiger partial charge in [-0.05, 0) is 36.8 Å². The lowest BCUT2D eigenvalue weighted by Gasteiger charge is -2.23. The first-order valence-electron chi connectivity index (χ1n) is 7.77. The minimum Gasteiger partial charge on any atom is -0.355 e. The van der Waals surface area contributed by atoms with E-state index < -0.39 is 0 Å². The molecule has 0 aliphatic carbocycles. The predicted molar refractivity (Wildman–Crippen MR) is 83.9 cm³/mol. The van der Waals surface area contributed by atoms with E-state index in [0.29, 0.717) is 11.5 Å². The van der Waals surface area contributed by atoms with Crippen LogP contribution in [0.25, 0.3) is 0 Å². The van der Waals surface area contributed by atoms with E-state index in [1.54, 1.807) is 0 Å². The van der Waals surface area contributed by atoms with Gasteiger partial charge in [0, 0.05) is 25.7 Å². The SMILES string of the molecule is CC(C)NCc1ccc(N2CCCC(C)(C)CC2)nn1. The molecule has 0 bridgehead atoms. The molecule has 0 saturated carbocycles. The highest BCUT2D eigenvalue weighted by atomic mass is 15.3. The molecule has 0 radical (unpaired) electrons. The minimum absolute atomic E-state index is 0.462. The van der Waals surface area contributed by atoms with E-state index in [-0.39, 0.29) is 0 Å². The Morgan fingerprint density at radius 1 is 1.20 bits per heavy atom. The lowest BCUT2D eigenvalue weighted by atomic mass is 9.85. The summed E-state index contributed by atoms with van der Waals surface area (Å²) >= 11 is 0. The van der Waals surface area contributed by atoms with Crippen molar-refractivity contribution in [3.63, 3.8) is 0 Å². The highest BCUT2D eigenvalue weighted by Crippen LogP contribution is 2.30. The Hall–Kier alpha value is -1.16. The van der Waals surface area contributed by atoms with Crippen molar-refractivity contribution in [3.8, 4) is 0 Å². The van der Waals surface area contributed by atoms with E-state index in [1.165, 1.54) is 19.3 Å². The second kappa shape index (κ2) is 6.53. The van der Waals surface area contributed by atoms with Gasteiger partial charge in [-0.3, -0.25) is 0 Å². The van der Waals surface area contributed by atoms with E-state index in [2.05, 4.69) is 60.2 Å². The fourth-order valence-corrected chi connectivity index (χ4v) is 2.58. The first-order valence-corrected chi connectivity index (χ1v) is 7.77. The monoisotopic (exact) mass is 276 g/mol. The molecule has 2 rings (SSSR count). The zero-order chi connectivity index (χ0) is 14.6. The van der Waals surface area contributed by atoms with E-state index in [1.807, 2.05) is 0 Å². The van der Waals surface area contributed by atoms with E-state index in [4.69, 9.17) is 0 Å². The molecule has 0 amide bonds. The summed E-state index contributed by atoms with van der Waals surface area (Å²) in [5.41, 5.74) is 1.47. The third-order valence-electron chi connectivity index (χ3n) is 4.06. The molecule has 0 spiro atoms. The van der Waals surface area contributed by atoms with Gasteiger partial charge in [-0.1, -0.05) is 27.7 Å². The maximum atomic E-state index is 4.41. The van der Waals surface area contributed by atoms with Crippen LogP contribution < -0.4 is 10.2 Å². The Balaban J connectivity index is 1.95. The summed E-state index contributed by atoms with van der Waals surface area (Å²) in [6.07, 6.45) is 3.77. The number of aromatic nitrogens is 2. The van der Waals surface area contributed by atoms with Crippen molar-refractivity contribution in [1.29, 1.82) is 0 Å². The molecular formula is C16H28N4. The van der Waals surface area contributed by atoms with Crippen LogP contribution in [0.1, 0.15) is 52.7 Å². The molecule has 0 aromatic carbocycles. The van der Waals surface area contributed by atoms with Gasteiger partial charge in [0.25, 0.3) is 0 Å². The van der Waals surface area contributed by atoms with Gasteiger partial charge in [-0.2, -0.15) is 5.10 Å². The molecule has 1 fully saturated rings. The number of anilines is 1. The van der Waals surface area contributed by atoms with Crippen LogP contribution in [-0.2, 0) is 6.54 Å². The number of nitrogens with one attached hydrogen (secondary N) is 1. The first kappa shape index (κ1) is 15.2. The smallest absolute Gasteiger partial charge is 0.151 e. The largest absolute Gasteiger partial charge is 0.355 e. The molecule has 2 heterocycles. The number of nitrogens with zero attached hydrogens (tertiary/aromatic N) is 3. The fraction of sp³-hybridized carbons (Fsp3) is 0.750. The molecular weight excluding hydrogens is 248 g/mol. The lowest BCUT2D eigenvalue weighted by Crippen LogP contribution is -2.27. The molecule has 4 nitrogen and oxygen atoms in total. The quantitative estimate of drug-likeness (QED) is 0.918. The predicted octanol–water partition coefficient (Wildman–Crippen LogP) is 2.99. The highest BCUT2D eigenvalue weighted by Gasteiger charge is 2.23. The lowest BCUT2D eigenvalue weighted by molar-refractivity contribution is 0.325. The van der Waals surface area contributed by atoms with Gasteiger partial charge in [-0.15, -0.1) is 5.10 Å². The zero-order valence-electron chi connectivity index (χ0n) is 13.3. The maximum Gasteiger partial charge on any atom is 0.151 e. The summed E-state index contributed by atoms with van der Waals surface area (Å²) in [7, 11) is 0. The molecule has 0 atom stereocenters. The molecule has 112 valence electrons. The summed E-state index contributed by atoms with van der Waals surface area (Å²) in [6, 6.07) is 4.68. The normalized spacial score (nSPS) is 19.1. The van der Waals surface area contributed by atoms with Crippen LogP contribution in [0, 0.1) is 5.41 Å². The fourth-order valence-electron chi connectivity index (χ4n) is 2.58. The van der Waals surface area contributed by atoms with Crippen molar-refractivity contribution < 1.29 is 0 Å². The van der Waals surface area contributed by atoms with Crippen molar-refractivity contribution in [1.82, 2.24) is 15.5 Å². The Morgan fingerprint density at radius 2 is 2.00 bits per heavy atom. The van der Waals surface area contributed by atoms with Crippen molar-refractivity contribution in [2.45, 2.75) is 59.5 Å². The van der Waals surface area contributed by atoms with Crippen LogP contribution in [0.2, 0.25) is 0 Å². The van der Waals surface area contributed by atoms with Crippen LogP contribution in [-0.4, -0.2) is 29.3 Å². The Bertz CT molecular complexity index is 411. The second-order valence-electron chi connectivity index (χ2n) is 6.92. The summed E-state index contributed by atoms with van der Waals surface area (Å²) in [6.45, 7) is 12.0. The van der Waals surface area contributed by atoms with Crippen molar-refractivity contribution in [2.75, 3.05) is 18.0 Å². The standard InChI is InChI=1S/C16H28N4/c1-13(2)17-12-14-6-7-15(19-18-14)20-10-5-8-16(3,4)9-11-20/h6-7,13,17H,5,8-12H2,1-4H3. The molecule has 1 saturated heterocycles. The highest BCUT2D eigenvalue weighted by molar-refractivity contribution is 5.37. The van der Waals surface area contributed by atoms with Crippen molar-refractivity contribution in [2.24, 2.45) is 5.41 Å². The number of hydrogen-bond donors (Lipinski definition) is 1. The maximum absolute atomic E-state index is 4.41. The van der Waals surface area contributed by atoms with E-state index in [0.717, 1.165) is 31.1 Å². The van der Waals surface area contributed by atoms with Gasteiger partial charge in [0.05, 0.1) is 5.69 Å². The zero-order valence-corrected chi connectivity index (χ0v) is 13.3. The molecule has 1 aliphatic heterocycles. The molecule has 20 heavy (non-hydrogen) atoms. The van der Waals surface area contributed by atoms with Gasteiger partial charge < -0.3 is 10.2 Å². The van der Waals surface area contributed by atoms with Crippen LogP contribution in [0.15, 0.2) is 12.1 Å². The average Bonchev–Trinajstić information content (AvgIpc) is 2.58. The van der Waals surface area contributed by atoms with Crippen molar-refractivity contribution in [3.05, 3.63) is 17.8 Å². The van der Waals surface area contributed by atoms with Gasteiger partial charge in [0.15, 0.2) is 5.82 Å². The molecule has 1 N–H and O–H groups in total. The van der Waals surface area contributed by atoms with Crippen LogP contribution in [0.5, 0.6) is 0 Å². The second-order valence-corrected chi connectivity index (χ2v) is 6.92. The summed E-state index contributed by atoms with van der Waals surface area (Å²) < 4.78 is 0. The molecule has 1 aromatic rings. The average molecular weight is 276 g/mol. The topological polar surface area (TPSA) is 41.0 Å². The summed E-state index contributed by atoms with van der Waals surface area (Å²) in [5.74, 6) is 1.02. The molecule has 0 unspecified atom stereocenters. The van der Waals surface area contributed by atoms with Crippen LogP contribution in [0.3, 0.4) is 0 Å². The number of hydrogen-bond acceptors (Lipinski definition) is 4. The number of rotatable bonds is 4. The molecule has 1 aliphatic rings.